The van der Waals surface area contributed by atoms with Crippen LogP contribution >= 0.6 is 11.6 Å². The predicted octanol–water partition coefficient (Wildman–Crippen LogP) is 6.63. The largest absolute Gasteiger partial charge is 0.416 e. The van der Waals surface area contributed by atoms with Crippen LogP contribution in [0.15, 0.2) is 66.9 Å². The normalized spacial score (nSPS) is 13.0. The third-order valence-electron chi connectivity index (χ3n) is 6.67. The standard InChI is InChI=1S/C29H23ClF4N6O2/c1-16-2-5-22(6-3-16)40(27(35)42)28-36-14-18-15-39(9-8-24(18)38-28)25-13-21(4-7-23(25)30)37-26(41)17-10-19(29(32,33)34)12-20(31)11-17/h2-7,10-14H,8-9,15H2,1H3,(H2,35,42)(H,37,41). The Morgan fingerprint density at radius 1 is 1.07 bits per heavy atom. The molecule has 5 rings (SSSR count). The Bertz CT molecular complexity index is 1680. The average Bonchev–Trinajstić information content (AvgIpc) is 2.94. The van der Waals surface area contributed by atoms with Crippen molar-refractivity contribution in [2.24, 2.45) is 5.73 Å². The zero-order valence-electron chi connectivity index (χ0n) is 22.0. The van der Waals surface area contributed by atoms with E-state index in [2.05, 4.69) is 15.3 Å². The Hall–Kier alpha value is -4.71. The molecule has 42 heavy (non-hydrogen) atoms. The van der Waals surface area contributed by atoms with Crippen LogP contribution in [0.5, 0.6) is 0 Å². The van der Waals surface area contributed by atoms with Gasteiger partial charge in [0.1, 0.15) is 5.82 Å². The van der Waals surface area contributed by atoms with Gasteiger partial charge in [0.05, 0.1) is 27.7 Å². The smallest absolute Gasteiger partial charge is 0.365 e. The lowest BCUT2D eigenvalue weighted by molar-refractivity contribution is -0.137. The van der Waals surface area contributed by atoms with Gasteiger partial charge in [0.15, 0.2) is 0 Å². The summed E-state index contributed by atoms with van der Waals surface area (Å²) in [5.41, 5.74) is 7.75. The number of aryl methyl sites for hydroxylation is 1. The first-order valence-electron chi connectivity index (χ1n) is 12.6. The highest BCUT2D eigenvalue weighted by molar-refractivity contribution is 6.33. The SMILES string of the molecule is Cc1ccc(N(C(N)=O)c2ncc3c(n2)CCN(c2cc(NC(=O)c4cc(F)cc(C(F)(F)F)c4)ccc2Cl)C3)cc1. The molecule has 1 aromatic heterocycles. The quantitative estimate of drug-likeness (QED) is 0.251. The van der Waals surface area contributed by atoms with E-state index in [0.29, 0.717) is 48.0 Å². The number of hydrogen-bond acceptors (Lipinski definition) is 5. The third-order valence-corrected chi connectivity index (χ3v) is 6.99. The van der Waals surface area contributed by atoms with Crippen LogP contribution in [0.2, 0.25) is 5.02 Å². The molecule has 2 heterocycles. The van der Waals surface area contributed by atoms with Gasteiger partial charge in [0.2, 0.25) is 5.95 Å². The number of urea groups is 1. The molecule has 0 radical (unpaired) electrons. The van der Waals surface area contributed by atoms with Crippen molar-refractivity contribution in [2.75, 3.05) is 21.7 Å². The molecule has 0 atom stereocenters. The fraction of sp³-hybridized carbons (Fsp3) is 0.172. The van der Waals surface area contributed by atoms with E-state index in [4.69, 9.17) is 17.3 Å². The van der Waals surface area contributed by atoms with Crippen molar-refractivity contribution in [1.82, 2.24) is 9.97 Å². The fourth-order valence-corrected chi connectivity index (χ4v) is 4.81. The number of rotatable bonds is 5. The Kier molecular flexibility index (Phi) is 7.74. The molecule has 0 unspecified atom stereocenters. The molecule has 0 spiro atoms. The number of benzene rings is 3. The molecule has 1 aliphatic heterocycles. The highest BCUT2D eigenvalue weighted by Gasteiger charge is 2.32. The number of carbonyl (C=O) groups is 2. The van der Waals surface area contributed by atoms with E-state index in [0.717, 1.165) is 22.9 Å². The number of nitrogens with one attached hydrogen (secondary N) is 1. The summed E-state index contributed by atoms with van der Waals surface area (Å²) in [6.07, 6.45) is -2.73. The van der Waals surface area contributed by atoms with E-state index in [1.807, 2.05) is 24.0 Å². The summed E-state index contributed by atoms with van der Waals surface area (Å²) in [6, 6.07) is 12.7. The van der Waals surface area contributed by atoms with Crippen LogP contribution in [0, 0.1) is 12.7 Å². The molecule has 13 heteroatoms. The van der Waals surface area contributed by atoms with Crippen molar-refractivity contribution in [1.29, 1.82) is 0 Å². The van der Waals surface area contributed by atoms with Crippen molar-refractivity contribution in [3.05, 3.63) is 106 Å². The maximum absolute atomic E-state index is 13.8. The van der Waals surface area contributed by atoms with E-state index in [1.54, 1.807) is 30.5 Å². The van der Waals surface area contributed by atoms with Gasteiger partial charge >= 0.3 is 12.2 Å². The van der Waals surface area contributed by atoms with Crippen molar-refractivity contribution in [3.8, 4) is 0 Å². The number of aromatic nitrogens is 2. The molecule has 3 aromatic carbocycles. The second kappa shape index (κ2) is 11.3. The maximum atomic E-state index is 13.8. The van der Waals surface area contributed by atoms with Crippen LogP contribution in [-0.4, -0.2) is 28.5 Å². The van der Waals surface area contributed by atoms with Gasteiger partial charge in [-0.3, -0.25) is 4.79 Å². The second-order valence-electron chi connectivity index (χ2n) is 9.67. The Morgan fingerprint density at radius 3 is 2.50 bits per heavy atom. The predicted molar refractivity (Wildman–Crippen MR) is 150 cm³/mol. The zero-order chi connectivity index (χ0) is 30.2. The van der Waals surface area contributed by atoms with Crippen molar-refractivity contribution < 1.29 is 27.2 Å². The molecule has 1 aliphatic rings. The van der Waals surface area contributed by atoms with E-state index < -0.39 is 35.1 Å². The Labute approximate surface area is 242 Å². The minimum absolute atomic E-state index is 0.146. The average molecular weight is 599 g/mol. The summed E-state index contributed by atoms with van der Waals surface area (Å²) in [4.78, 5) is 37.1. The first kappa shape index (κ1) is 28.8. The van der Waals surface area contributed by atoms with Crippen LogP contribution < -0.4 is 20.9 Å². The first-order valence-corrected chi connectivity index (χ1v) is 13.0. The van der Waals surface area contributed by atoms with Gasteiger partial charge in [-0.15, -0.1) is 0 Å². The highest BCUT2D eigenvalue weighted by Crippen LogP contribution is 2.34. The van der Waals surface area contributed by atoms with Gasteiger partial charge in [0, 0.05) is 42.5 Å². The summed E-state index contributed by atoms with van der Waals surface area (Å²) in [5, 5.41) is 2.88. The minimum atomic E-state index is -4.81. The van der Waals surface area contributed by atoms with E-state index in [9.17, 15) is 27.2 Å². The molecule has 0 saturated carbocycles. The molecular formula is C29H23ClF4N6O2. The van der Waals surface area contributed by atoms with E-state index >= 15 is 0 Å². The lowest BCUT2D eigenvalue weighted by Crippen LogP contribution is -2.35. The van der Waals surface area contributed by atoms with Gasteiger partial charge in [0.25, 0.3) is 5.91 Å². The summed E-state index contributed by atoms with van der Waals surface area (Å²) in [7, 11) is 0. The minimum Gasteiger partial charge on any atom is -0.365 e. The van der Waals surface area contributed by atoms with Crippen LogP contribution in [0.1, 0.15) is 32.7 Å². The van der Waals surface area contributed by atoms with Gasteiger partial charge in [-0.1, -0.05) is 29.3 Å². The second-order valence-corrected chi connectivity index (χ2v) is 10.1. The number of fused-ring (bicyclic) bond motifs is 1. The molecule has 216 valence electrons. The molecule has 4 aromatic rings. The van der Waals surface area contributed by atoms with Crippen molar-refractivity contribution in [2.45, 2.75) is 26.1 Å². The lowest BCUT2D eigenvalue weighted by Gasteiger charge is -2.31. The number of carbonyl (C=O) groups excluding carboxylic acids is 2. The number of nitrogens with two attached hydrogens (primary N) is 1. The fourth-order valence-electron chi connectivity index (χ4n) is 4.57. The molecule has 0 saturated heterocycles. The van der Waals surface area contributed by atoms with Crippen LogP contribution in [0.4, 0.5) is 45.4 Å². The van der Waals surface area contributed by atoms with Crippen LogP contribution in [0.3, 0.4) is 0 Å². The number of halogens is 5. The number of anilines is 4. The summed E-state index contributed by atoms with van der Waals surface area (Å²) >= 11 is 6.46. The van der Waals surface area contributed by atoms with Gasteiger partial charge in [-0.25, -0.2) is 24.1 Å². The van der Waals surface area contributed by atoms with E-state index in [1.165, 1.54) is 11.0 Å². The van der Waals surface area contributed by atoms with Gasteiger partial charge < -0.3 is 16.0 Å². The zero-order valence-corrected chi connectivity index (χ0v) is 22.8. The Morgan fingerprint density at radius 2 is 1.81 bits per heavy atom. The number of amides is 3. The lowest BCUT2D eigenvalue weighted by atomic mass is 10.1. The molecule has 8 nitrogen and oxygen atoms in total. The molecule has 3 amide bonds. The summed E-state index contributed by atoms with van der Waals surface area (Å²) in [5.74, 6) is -1.94. The van der Waals surface area contributed by atoms with Crippen LogP contribution in [-0.2, 0) is 19.1 Å². The summed E-state index contributed by atoms with van der Waals surface area (Å²) in [6.45, 7) is 2.75. The van der Waals surface area contributed by atoms with Gasteiger partial charge in [-0.2, -0.15) is 13.2 Å². The monoisotopic (exact) mass is 598 g/mol. The molecule has 0 bridgehead atoms. The molecule has 0 aliphatic carbocycles. The topological polar surface area (TPSA) is 104 Å². The molecule has 0 fully saturated rings. The maximum Gasteiger partial charge on any atom is 0.416 e. The van der Waals surface area contributed by atoms with E-state index in [-0.39, 0.29) is 11.6 Å². The van der Waals surface area contributed by atoms with Gasteiger partial charge in [-0.05, 0) is 55.5 Å². The number of hydrogen-bond donors (Lipinski definition) is 2. The number of primary amides is 1. The van der Waals surface area contributed by atoms with Crippen LogP contribution in [0.25, 0.3) is 0 Å². The highest BCUT2D eigenvalue weighted by atomic mass is 35.5. The van der Waals surface area contributed by atoms with Crippen molar-refractivity contribution in [3.63, 3.8) is 0 Å². The third kappa shape index (κ3) is 6.13. The molecule has 3 N–H and O–H groups in total. The summed E-state index contributed by atoms with van der Waals surface area (Å²) < 4.78 is 53.1. The Balaban J connectivity index is 1.35. The first-order chi connectivity index (χ1) is 19.9. The van der Waals surface area contributed by atoms with Crippen molar-refractivity contribution >= 4 is 46.5 Å². The number of alkyl halides is 3. The molecular weight excluding hydrogens is 576 g/mol. The number of nitrogens with zero attached hydrogens (tertiary/aromatic N) is 4.